The van der Waals surface area contributed by atoms with Crippen molar-refractivity contribution >= 4 is 29.0 Å². The average Bonchev–Trinajstić information content (AvgIpc) is 3.23. The molecule has 2 heterocycles. The van der Waals surface area contributed by atoms with Crippen molar-refractivity contribution in [2.45, 2.75) is 25.5 Å². The standard InChI is InChI=1S/C17H19N5OS2/c1-12-4-6-14(7-5-12)22-17(18-19-20-22)25-11-16(23)21(3)10-15-13(2)8-9-24-15/h4-9H,10-11H2,1-3H3. The Bertz CT molecular complexity index is 856. The van der Waals surface area contributed by atoms with Crippen LogP contribution in [0.2, 0.25) is 0 Å². The molecule has 0 saturated carbocycles. The number of aryl methyl sites for hydroxylation is 2. The minimum atomic E-state index is 0.0521. The second-order valence-corrected chi connectivity index (χ2v) is 7.72. The molecule has 6 nitrogen and oxygen atoms in total. The lowest BCUT2D eigenvalue weighted by atomic mass is 10.2. The van der Waals surface area contributed by atoms with E-state index in [0.29, 0.717) is 17.5 Å². The van der Waals surface area contributed by atoms with Crippen molar-refractivity contribution in [3.8, 4) is 5.69 Å². The van der Waals surface area contributed by atoms with E-state index in [1.54, 1.807) is 20.9 Å². The summed E-state index contributed by atoms with van der Waals surface area (Å²) in [6.45, 7) is 4.73. The maximum Gasteiger partial charge on any atom is 0.233 e. The third-order valence-corrected chi connectivity index (χ3v) is 5.73. The molecule has 0 saturated heterocycles. The van der Waals surface area contributed by atoms with E-state index in [0.717, 1.165) is 5.69 Å². The molecule has 3 aromatic rings. The fraction of sp³-hybridized carbons (Fsp3) is 0.294. The van der Waals surface area contributed by atoms with Gasteiger partial charge in [-0.05, 0) is 53.4 Å². The lowest BCUT2D eigenvalue weighted by Gasteiger charge is -2.16. The van der Waals surface area contributed by atoms with E-state index in [1.165, 1.54) is 27.8 Å². The number of thioether (sulfide) groups is 1. The van der Waals surface area contributed by atoms with Crippen LogP contribution in [0, 0.1) is 13.8 Å². The first-order chi connectivity index (χ1) is 12.0. The van der Waals surface area contributed by atoms with E-state index < -0.39 is 0 Å². The first-order valence-corrected chi connectivity index (χ1v) is 9.66. The third-order valence-electron chi connectivity index (χ3n) is 3.82. The number of nitrogens with zero attached hydrogens (tertiary/aromatic N) is 5. The molecule has 1 aromatic carbocycles. The van der Waals surface area contributed by atoms with Gasteiger partial charge in [0.15, 0.2) is 0 Å². The van der Waals surface area contributed by atoms with Crippen molar-refractivity contribution in [1.82, 2.24) is 25.1 Å². The highest BCUT2D eigenvalue weighted by atomic mass is 32.2. The van der Waals surface area contributed by atoms with Crippen molar-refractivity contribution in [3.63, 3.8) is 0 Å². The van der Waals surface area contributed by atoms with Gasteiger partial charge in [-0.2, -0.15) is 4.68 Å². The van der Waals surface area contributed by atoms with E-state index in [9.17, 15) is 4.79 Å². The molecule has 25 heavy (non-hydrogen) atoms. The largest absolute Gasteiger partial charge is 0.340 e. The molecule has 0 spiro atoms. The Balaban J connectivity index is 1.62. The molecule has 0 fully saturated rings. The summed E-state index contributed by atoms with van der Waals surface area (Å²) < 4.78 is 1.65. The number of thiophene rings is 1. The third kappa shape index (κ3) is 4.26. The van der Waals surface area contributed by atoms with Crippen LogP contribution in [0.15, 0.2) is 40.9 Å². The van der Waals surface area contributed by atoms with Crippen LogP contribution in [0.4, 0.5) is 0 Å². The molecule has 0 radical (unpaired) electrons. The van der Waals surface area contributed by atoms with E-state index >= 15 is 0 Å². The van der Waals surface area contributed by atoms with Gasteiger partial charge >= 0.3 is 0 Å². The lowest BCUT2D eigenvalue weighted by molar-refractivity contribution is -0.127. The molecule has 0 bridgehead atoms. The number of carbonyl (C=O) groups is 1. The first kappa shape index (κ1) is 17.6. The molecule has 0 aliphatic rings. The molecular formula is C17H19N5OS2. The first-order valence-electron chi connectivity index (χ1n) is 7.80. The van der Waals surface area contributed by atoms with Gasteiger partial charge in [-0.15, -0.1) is 16.4 Å². The summed E-state index contributed by atoms with van der Waals surface area (Å²) in [5.74, 6) is 0.351. The van der Waals surface area contributed by atoms with Gasteiger partial charge in [-0.25, -0.2) is 0 Å². The molecule has 0 N–H and O–H groups in total. The van der Waals surface area contributed by atoms with Crippen molar-refractivity contribution < 1.29 is 4.79 Å². The van der Waals surface area contributed by atoms with Crippen molar-refractivity contribution in [1.29, 1.82) is 0 Å². The number of amides is 1. The fourth-order valence-corrected chi connectivity index (χ4v) is 4.01. The molecule has 0 aliphatic heterocycles. The van der Waals surface area contributed by atoms with Crippen LogP contribution in [0.1, 0.15) is 16.0 Å². The second kappa shape index (κ2) is 7.79. The van der Waals surface area contributed by atoms with Crippen LogP contribution in [0.3, 0.4) is 0 Å². The fourth-order valence-electron chi connectivity index (χ4n) is 2.22. The van der Waals surface area contributed by atoms with Crippen LogP contribution >= 0.6 is 23.1 Å². The Morgan fingerprint density at radius 3 is 2.68 bits per heavy atom. The summed E-state index contributed by atoms with van der Waals surface area (Å²) >= 11 is 3.02. The summed E-state index contributed by atoms with van der Waals surface area (Å²) in [7, 11) is 1.82. The van der Waals surface area contributed by atoms with Gasteiger partial charge in [0.2, 0.25) is 11.1 Å². The summed E-state index contributed by atoms with van der Waals surface area (Å²) in [6, 6.07) is 10.0. The SMILES string of the molecule is Cc1ccc(-n2nnnc2SCC(=O)N(C)Cc2sccc2C)cc1. The van der Waals surface area contributed by atoms with Gasteiger partial charge in [-0.3, -0.25) is 4.79 Å². The highest BCUT2D eigenvalue weighted by molar-refractivity contribution is 7.99. The highest BCUT2D eigenvalue weighted by Crippen LogP contribution is 2.21. The van der Waals surface area contributed by atoms with Crippen LogP contribution in [0.5, 0.6) is 0 Å². The number of benzene rings is 1. The molecule has 0 aliphatic carbocycles. The van der Waals surface area contributed by atoms with E-state index in [2.05, 4.69) is 28.5 Å². The van der Waals surface area contributed by atoms with Gasteiger partial charge in [0.1, 0.15) is 0 Å². The Morgan fingerprint density at radius 1 is 1.24 bits per heavy atom. The Labute approximate surface area is 154 Å². The number of rotatable bonds is 6. The van der Waals surface area contributed by atoms with E-state index in [1.807, 2.05) is 43.6 Å². The van der Waals surface area contributed by atoms with Crippen molar-refractivity contribution in [2.24, 2.45) is 0 Å². The average molecular weight is 374 g/mol. The normalized spacial score (nSPS) is 10.8. The number of tetrazole rings is 1. The second-order valence-electron chi connectivity index (χ2n) is 5.77. The molecular weight excluding hydrogens is 354 g/mol. The number of hydrogen-bond donors (Lipinski definition) is 0. The number of carbonyl (C=O) groups excluding carboxylic acids is 1. The molecule has 2 aromatic heterocycles. The van der Waals surface area contributed by atoms with Crippen LogP contribution in [-0.2, 0) is 11.3 Å². The Morgan fingerprint density at radius 2 is 2.00 bits per heavy atom. The zero-order valence-corrected chi connectivity index (χ0v) is 16.0. The van der Waals surface area contributed by atoms with Crippen LogP contribution < -0.4 is 0 Å². The predicted octanol–water partition coefficient (Wildman–Crippen LogP) is 3.09. The zero-order valence-electron chi connectivity index (χ0n) is 14.3. The van der Waals surface area contributed by atoms with Gasteiger partial charge in [0.25, 0.3) is 0 Å². The number of aromatic nitrogens is 4. The van der Waals surface area contributed by atoms with Gasteiger partial charge in [0, 0.05) is 11.9 Å². The van der Waals surface area contributed by atoms with Gasteiger partial charge < -0.3 is 4.90 Å². The smallest absolute Gasteiger partial charge is 0.233 e. The lowest BCUT2D eigenvalue weighted by Crippen LogP contribution is -2.27. The van der Waals surface area contributed by atoms with Gasteiger partial charge in [0.05, 0.1) is 18.0 Å². The summed E-state index contributed by atoms with van der Waals surface area (Å²) in [5, 5.41) is 14.4. The van der Waals surface area contributed by atoms with E-state index in [4.69, 9.17) is 0 Å². The summed E-state index contributed by atoms with van der Waals surface area (Å²) in [6.07, 6.45) is 0. The van der Waals surface area contributed by atoms with Crippen molar-refractivity contribution in [3.05, 3.63) is 51.7 Å². The molecule has 0 atom stereocenters. The summed E-state index contributed by atoms with van der Waals surface area (Å²) in [5.41, 5.74) is 3.28. The highest BCUT2D eigenvalue weighted by Gasteiger charge is 2.15. The molecule has 0 unspecified atom stereocenters. The maximum absolute atomic E-state index is 12.4. The molecule has 1 amide bonds. The quantitative estimate of drug-likeness (QED) is 0.621. The van der Waals surface area contributed by atoms with E-state index in [-0.39, 0.29) is 5.91 Å². The maximum atomic E-state index is 12.4. The van der Waals surface area contributed by atoms with Crippen molar-refractivity contribution in [2.75, 3.05) is 12.8 Å². The minimum absolute atomic E-state index is 0.0521. The zero-order chi connectivity index (χ0) is 17.8. The molecule has 130 valence electrons. The van der Waals surface area contributed by atoms with Gasteiger partial charge in [-0.1, -0.05) is 29.5 Å². The van der Waals surface area contributed by atoms with Crippen LogP contribution in [-0.4, -0.2) is 43.8 Å². The van der Waals surface area contributed by atoms with Crippen LogP contribution in [0.25, 0.3) is 5.69 Å². The Kier molecular flexibility index (Phi) is 5.50. The monoisotopic (exact) mass is 373 g/mol. The molecule has 3 rings (SSSR count). The minimum Gasteiger partial charge on any atom is -0.340 e. The summed E-state index contributed by atoms with van der Waals surface area (Å²) in [4.78, 5) is 15.4. The topological polar surface area (TPSA) is 63.9 Å². The molecule has 8 heteroatoms. The Hall–Kier alpha value is -2.19. The predicted molar refractivity (Wildman–Crippen MR) is 100 cm³/mol. The number of hydrogen-bond acceptors (Lipinski definition) is 6.